The fraction of sp³-hybridized carbons (Fsp3) is 0.0909. The number of thiazole rings is 1. The number of hydrogen-bond donors (Lipinski definition) is 1. The van der Waals surface area contributed by atoms with Gasteiger partial charge >= 0.3 is 0 Å². The first-order valence-electron chi connectivity index (χ1n) is 5.02. The Kier molecular flexibility index (Phi) is 2.53. The Morgan fingerprint density at radius 3 is 3.00 bits per heavy atom. The fourth-order valence-electron chi connectivity index (χ4n) is 1.57. The number of hydrogen-bond acceptors (Lipinski definition) is 5. The van der Waals surface area contributed by atoms with Gasteiger partial charge in [-0.25, -0.2) is 9.97 Å². The molecule has 6 heteroatoms. The van der Waals surface area contributed by atoms with Crippen LogP contribution in [0.15, 0.2) is 40.1 Å². The van der Waals surface area contributed by atoms with Crippen LogP contribution in [-0.4, -0.2) is 14.5 Å². The van der Waals surface area contributed by atoms with Crippen LogP contribution < -0.4 is 5.73 Å². The number of rotatable bonds is 2. The first kappa shape index (κ1) is 10.6. The highest BCUT2D eigenvalue weighted by Gasteiger charge is 2.10. The first-order chi connectivity index (χ1) is 8.25. The number of nitrogens with zero attached hydrogens (tertiary/aromatic N) is 3. The van der Waals surface area contributed by atoms with Gasteiger partial charge in [0.2, 0.25) is 0 Å². The van der Waals surface area contributed by atoms with Crippen LogP contribution in [0.3, 0.4) is 0 Å². The topological polar surface area (TPSA) is 56.7 Å². The van der Waals surface area contributed by atoms with Crippen LogP contribution in [0.25, 0.3) is 10.2 Å². The standard InChI is InChI=1S/C11H10N4S2/c1-15-5-4-13-11(15)17-7-2-3-8-10(9(7)12)14-6-16-8/h2-6H,12H2,1H3. The van der Waals surface area contributed by atoms with Gasteiger partial charge in [-0.2, -0.15) is 0 Å². The predicted molar refractivity (Wildman–Crippen MR) is 71.4 cm³/mol. The van der Waals surface area contributed by atoms with Crippen molar-refractivity contribution < 1.29 is 0 Å². The van der Waals surface area contributed by atoms with Crippen LogP contribution in [0.2, 0.25) is 0 Å². The quantitative estimate of drug-likeness (QED) is 0.721. The third-order valence-electron chi connectivity index (χ3n) is 2.48. The summed E-state index contributed by atoms with van der Waals surface area (Å²) in [5.74, 6) is 0. The van der Waals surface area contributed by atoms with E-state index in [-0.39, 0.29) is 0 Å². The molecule has 0 saturated heterocycles. The molecule has 2 N–H and O–H groups in total. The number of aryl methyl sites for hydroxylation is 1. The van der Waals surface area contributed by atoms with E-state index in [0.717, 1.165) is 26.0 Å². The van der Waals surface area contributed by atoms with Crippen molar-refractivity contribution in [3.63, 3.8) is 0 Å². The number of benzene rings is 1. The minimum atomic E-state index is 0.733. The van der Waals surface area contributed by atoms with Gasteiger partial charge in [0, 0.05) is 24.3 Å². The number of nitrogen functional groups attached to an aromatic ring is 1. The lowest BCUT2D eigenvalue weighted by Crippen LogP contribution is -1.93. The van der Waals surface area contributed by atoms with Crippen molar-refractivity contribution in [1.29, 1.82) is 0 Å². The zero-order chi connectivity index (χ0) is 11.8. The number of imidazole rings is 1. The van der Waals surface area contributed by atoms with Crippen LogP contribution in [0, 0.1) is 0 Å². The summed E-state index contributed by atoms with van der Waals surface area (Å²) in [6.07, 6.45) is 3.69. The van der Waals surface area contributed by atoms with Gasteiger partial charge in [-0.05, 0) is 23.9 Å². The molecule has 0 aliphatic heterocycles. The summed E-state index contributed by atoms with van der Waals surface area (Å²) in [4.78, 5) is 9.55. The Morgan fingerprint density at radius 2 is 2.24 bits per heavy atom. The summed E-state index contributed by atoms with van der Waals surface area (Å²) in [6.45, 7) is 0. The Bertz CT molecular complexity index is 671. The van der Waals surface area contributed by atoms with E-state index in [0.29, 0.717) is 0 Å². The van der Waals surface area contributed by atoms with Gasteiger partial charge in [0.15, 0.2) is 5.16 Å². The molecular formula is C11H10N4S2. The molecule has 0 radical (unpaired) electrons. The monoisotopic (exact) mass is 262 g/mol. The second kappa shape index (κ2) is 4.05. The highest BCUT2D eigenvalue weighted by atomic mass is 32.2. The van der Waals surface area contributed by atoms with Crippen molar-refractivity contribution in [3.05, 3.63) is 30.0 Å². The molecule has 0 fully saturated rings. The van der Waals surface area contributed by atoms with E-state index in [4.69, 9.17) is 5.73 Å². The highest BCUT2D eigenvalue weighted by Crippen LogP contribution is 2.35. The SMILES string of the molecule is Cn1ccnc1Sc1ccc2scnc2c1N. The summed E-state index contributed by atoms with van der Waals surface area (Å²) >= 11 is 3.16. The molecule has 0 bridgehead atoms. The summed E-state index contributed by atoms with van der Waals surface area (Å²) in [5, 5.41) is 0.922. The minimum absolute atomic E-state index is 0.733. The zero-order valence-electron chi connectivity index (χ0n) is 9.12. The molecule has 0 amide bonds. The molecule has 3 rings (SSSR count). The molecule has 4 nitrogen and oxygen atoms in total. The van der Waals surface area contributed by atoms with E-state index in [1.54, 1.807) is 29.3 Å². The smallest absolute Gasteiger partial charge is 0.172 e. The molecule has 0 aliphatic carbocycles. The van der Waals surface area contributed by atoms with Gasteiger partial charge in [-0.3, -0.25) is 0 Å². The Labute approximate surface area is 106 Å². The summed E-state index contributed by atoms with van der Waals surface area (Å²) in [6, 6.07) is 4.07. The molecule has 0 spiro atoms. The molecule has 0 saturated carbocycles. The van der Waals surface area contributed by atoms with E-state index in [1.807, 2.05) is 29.4 Å². The Morgan fingerprint density at radius 1 is 1.35 bits per heavy atom. The fourth-order valence-corrected chi connectivity index (χ4v) is 3.12. The van der Waals surface area contributed by atoms with Crippen molar-refractivity contribution >= 4 is 39.0 Å². The molecule has 86 valence electrons. The molecule has 2 heterocycles. The Hall–Kier alpha value is -1.53. The van der Waals surface area contributed by atoms with Crippen molar-refractivity contribution in [1.82, 2.24) is 14.5 Å². The van der Waals surface area contributed by atoms with Gasteiger partial charge in [-0.1, -0.05) is 0 Å². The molecule has 1 aromatic carbocycles. The maximum atomic E-state index is 6.12. The maximum Gasteiger partial charge on any atom is 0.172 e. The first-order valence-corrected chi connectivity index (χ1v) is 6.72. The van der Waals surface area contributed by atoms with Crippen LogP contribution in [0.4, 0.5) is 5.69 Å². The predicted octanol–water partition coefficient (Wildman–Crippen LogP) is 2.76. The van der Waals surface area contributed by atoms with E-state index in [2.05, 4.69) is 16.0 Å². The number of fused-ring (bicyclic) bond motifs is 1. The minimum Gasteiger partial charge on any atom is -0.396 e. The molecule has 17 heavy (non-hydrogen) atoms. The van der Waals surface area contributed by atoms with E-state index < -0.39 is 0 Å². The van der Waals surface area contributed by atoms with Gasteiger partial charge in [0.1, 0.15) is 5.52 Å². The van der Waals surface area contributed by atoms with Crippen LogP contribution >= 0.6 is 23.1 Å². The van der Waals surface area contributed by atoms with Gasteiger partial charge < -0.3 is 10.3 Å². The summed E-state index contributed by atoms with van der Waals surface area (Å²) in [7, 11) is 1.97. The van der Waals surface area contributed by atoms with Gasteiger partial charge in [-0.15, -0.1) is 11.3 Å². The van der Waals surface area contributed by atoms with E-state index in [1.165, 1.54) is 0 Å². The van der Waals surface area contributed by atoms with Crippen molar-refractivity contribution in [2.45, 2.75) is 10.1 Å². The van der Waals surface area contributed by atoms with Crippen LogP contribution in [0.1, 0.15) is 0 Å². The van der Waals surface area contributed by atoms with Crippen LogP contribution in [0.5, 0.6) is 0 Å². The number of anilines is 1. The van der Waals surface area contributed by atoms with E-state index in [9.17, 15) is 0 Å². The zero-order valence-corrected chi connectivity index (χ0v) is 10.8. The normalized spacial score (nSPS) is 11.1. The molecule has 0 unspecified atom stereocenters. The Balaban J connectivity index is 2.06. The molecule has 3 aromatic rings. The third kappa shape index (κ3) is 1.79. The average Bonchev–Trinajstić information content (AvgIpc) is 2.92. The second-order valence-corrected chi connectivity index (χ2v) is 5.49. The van der Waals surface area contributed by atoms with Gasteiger partial charge in [0.05, 0.1) is 15.9 Å². The summed E-state index contributed by atoms with van der Waals surface area (Å²) < 4.78 is 3.08. The number of aromatic nitrogens is 3. The van der Waals surface area contributed by atoms with Crippen molar-refractivity contribution in [2.75, 3.05) is 5.73 Å². The molecule has 2 aromatic heterocycles. The average molecular weight is 262 g/mol. The van der Waals surface area contributed by atoms with Crippen molar-refractivity contribution in [2.24, 2.45) is 7.05 Å². The number of nitrogens with two attached hydrogens (primary N) is 1. The van der Waals surface area contributed by atoms with Gasteiger partial charge in [0.25, 0.3) is 0 Å². The molecule has 0 atom stereocenters. The maximum absolute atomic E-state index is 6.12. The lowest BCUT2D eigenvalue weighted by molar-refractivity contribution is 0.790. The second-order valence-electron chi connectivity index (χ2n) is 3.60. The van der Waals surface area contributed by atoms with Crippen molar-refractivity contribution in [3.8, 4) is 0 Å². The lowest BCUT2D eigenvalue weighted by Gasteiger charge is -2.05. The summed E-state index contributed by atoms with van der Waals surface area (Å²) in [5.41, 5.74) is 9.55. The highest BCUT2D eigenvalue weighted by molar-refractivity contribution is 7.99. The molecular weight excluding hydrogens is 252 g/mol. The van der Waals surface area contributed by atoms with E-state index >= 15 is 0 Å². The third-order valence-corrected chi connectivity index (χ3v) is 4.43. The van der Waals surface area contributed by atoms with Crippen LogP contribution in [-0.2, 0) is 7.05 Å². The largest absolute Gasteiger partial charge is 0.396 e. The lowest BCUT2D eigenvalue weighted by atomic mass is 10.3. The molecule has 0 aliphatic rings.